The topological polar surface area (TPSA) is 4.93 Å². The van der Waals surface area contributed by atoms with E-state index in [9.17, 15) is 13.2 Å². The fourth-order valence-corrected chi connectivity index (χ4v) is 2.49. The van der Waals surface area contributed by atoms with Crippen LogP contribution in [0.1, 0.15) is 11.3 Å². The van der Waals surface area contributed by atoms with Gasteiger partial charge in [-0.15, -0.1) is 0 Å². The Labute approximate surface area is 130 Å². The number of rotatable bonds is 3. The molecule has 0 aromatic carbocycles. The van der Waals surface area contributed by atoms with Crippen LogP contribution in [0.5, 0.6) is 0 Å². The zero-order valence-electron chi connectivity index (χ0n) is 9.52. The van der Waals surface area contributed by atoms with Crippen molar-refractivity contribution in [3.63, 3.8) is 0 Å². The molecule has 0 unspecified atom stereocenters. The van der Waals surface area contributed by atoms with E-state index in [1.165, 1.54) is 10.8 Å². The maximum absolute atomic E-state index is 12.6. The monoisotopic (exact) mass is 413 g/mol. The zero-order valence-corrected chi connectivity index (χ0v) is 13.5. The summed E-state index contributed by atoms with van der Waals surface area (Å²) in [6.45, 7) is 7.19. The van der Waals surface area contributed by atoms with Gasteiger partial charge in [0, 0.05) is 22.4 Å². The number of aromatic nitrogens is 1. The molecule has 0 spiro atoms. The molecule has 0 amide bonds. The Morgan fingerprint density at radius 1 is 1.53 bits per heavy atom. The first kappa shape index (κ1) is 16.5. The summed E-state index contributed by atoms with van der Waals surface area (Å²) in [5.41, 5.74) is -3.62. The van der Waals surface area contributed by atoms with Crippen LogP contribution in [0.25, 0.3) is 10.7 Å². The van der Waals surface area contributed by atoms with Crippen molar-refractivity contribution in [3.8, 4) is 11.8 Å². The third-order valence-corrected chi connectivity index (χ3v) is 3.48. The number of hydrogen-bond donors (Lipinski definition) is 0. The van der Waals surface area contributed by atoms with Crippen LogP contribution in [0.3, 0.4) is 0 Å². The average molecular weight is 415 g/mol. The SMILES string of the molecule is C=Cn1c(C(=C)Br)cc(C#CCBr)c1SC(F)(F)F. The highest BCUT2D eigenvalue weighted by molar-refractivity contribution is 9.15. The summed E-state index contributed by atoms with van der Waals surface area (Å²) in [5, 5.41) is 0.360. The molecule has 1 heterocycles. The molecular weight excluding hydrogens is 407 g/mol. The summed E-state index contributed by atoms with van der Waals surface area (Å²) in [5.74, 6) is 5.37. The number of halogens is 5. The lowest BCUT2D eigenvalue weighted by molar-refractivity contribution is -0.0330. The van der Waals surface area contributed by atoms with Crippen molar-refractivity contribution in [2.24, 2.45) is 0 Å². The molecule has 0 atom stereocenters. The molecule has 19 heavy (non-hydrogen) atoms. The molecule has 1 aromatic rings. The molecule has 0 fully saturated rings. The van der Waals surface area contributed by atoms with E-state index in [0.717, 1.165) is 0 Å². The van der Waals surface area contributed by atoms with Crippen LogP contribution in [-0.4, -0.2) is 15.4 Å². The predicted octanol–water partition coefficient (Wildman–Crippen LogP) is 5.31. The highest BCUT2D eigenvalue weighted by atomic mass is 79.9. The van der Waals surface area contributed by atoms with Crippen molar-refractivity contribution in [2.45, 2.75) is 10.5 Å². The molecule has 0 bridgehead atoms. The molecule has 0 aliphatic rings. The largest absolute Gasteiger partial charge is 0.447 e. The minimum atomic E-state index is -4.39. The molecule has 0 aliphatic heterocycles. The molecule has 0 N–H and O–H groups in total. The highest BCUT2D eigenvalue weighted by Gasteiger charge is 2.33. The molecule has 0 saturated carbocycles. The second-order valence-corrected chi connectivity index (χ2v) is 5.76. The summed E-state index contributed by atoms with van der Waals surface area (Å²) in [6, 6.07) is 1.54. The first-order chi connectivity index (χ1) is 8.80. The molecule has 1 rings (SSSR count). The second-order valence-electron chi connectivity index (χ2n) is 3.19. The summed E-state index contributed by atoms with van der Waals surface area (Å²) in [7, 11) is 0. The van der Waals surface area contributed by atoms with Gasteiger partial charge in [-0.2, -0.15) is 13.2 Å². The van der Waals surface area contributed by atoms with E-state index in [0.29, 0.717) is 15.5 Å². The summed E-state index contributed by atoms with van der Waals surface area (Å²) in [6.07, 6.45) is 1.30. The summed E-state index contributed by atoms with van der Waals surface area (Å²) in [4.78, 5) is 0. The van der Waals surface area contributed by atoms with Crippen molar-refractivity contribution in [3.05, 3.63) is 30.5 Å². The lowest BCUT2D eigenvalue weighted by Crippen LogP contribution is -2.03. The van der Waals surface area contributed by atoms with Crippen molar-refractivity contribution in [1.29, 1.82) is 0 Å². The fourth-order valence-electron chi connectivity index (χ4n) is 1.33. The van der Waals surface area contributed by atoms with Crippen LogP contribution in [-0.2, 0) is 0 Å². The van der Waals surface area contributed by atoms with Gasteiger partial charge in [0.15, 0.2) is 0 Å². The molecule has 0 saturated heterocycles. The highest BCUT2D eigenvalue weighted by Crippen LogP contribution is 2.41. The number of nitrogens with zero attached hydrogens (tertiary/aromatic N) is 1. The van der Waals surface area contributed by atoms with Crippen LogP contribution < -0.4 is 0 Å². The van der Waals surface area contributed by atoms with Gasteiger partial charge in [-0.1, -0.05) is 40.9 Å². The van der Waals surface area contributed by atoms with Crippen molar-refractivity contribution < 1.29 is 13.2 Å². The molecular formula is C12H8Br2F3NS. The molecule has 102 valence electrons. The standard InChI is InChI=1S/C12H8Br2F3NS/c1-3-18-10(8(2)14)7-9(5-4-6-13)11(18)19-12(15,16)17/h3,7H,1-2,6H2. The molecule has 7 heteroatoms. The Morgan fingerprint density at radius 2 is 2.16 bits per heavy atom. The van der Waals surface area contributed by atoms with Crippen LogP contribution in [0.4, 0.5) is 13.2 Å². The van der Waals surface area contributed by atoms with Gasteiger partial charge in [-0.05, 0) is 22.0 Å². The average Bonchev–Trinajstić information content (AvgIpc) is 2.62. The first-order valence-corrected chi connectivity index (χ1v) is 7.56. The van der Waals surface area contributed by atoms with Gasteiger partial charge >= 0.3 is 5.51 Å². The Hall–Kier alpha value is -0.580. The van der Waals surface area contributed by atoms with Gasteiger partial charge in [0.2, 0.25) is 0 Å². The van der Waals surface area contributed by atoms with E-state index in [1.54, 1.807) is 6.07 Å². The Morgan fingerprint density at radius 3 is 2.58 bits per heavy atom. The summed E-state index contributed by atoms with van der Waals surface area (Å²) >= 11 is 6.05. The van der Waals surface area contributed by atoms with Crippen LogP contribution >= 0.6 is 43.6 Å². The smallest absolute Gasteiger partial charge is 0.310 e. The quantitative estimate of drug-likeness (QED) is 0.368. The van der Waals surface area contributed by atoms with Crippen LogP contribution in [0.15, 0.2) is 24.3 Å². The maximum atomic E-state index is 12.6. The first-order valence-electron chi connectivity index (χ1n) is 4.83. The van der Waals surface area contributed by atoms with Gasteiger partial charge in [0.25, 0.3) is 0 Å². The van der Waals surface area contributed by atoms with E-state index < -0.39 is 5.51 Å². The van der Waals surface area contributed by atoms with Gasteiger partial charge in [-0.25, -0.2) is 0 Å². The van der Waals surface area contributed by atoms with E-state index in [-0.39, 0.29) is 22.4 Å². The number of thioether (sulfide) groups is 1. The van der Waals surface area contributed by atoms with Crippen molar-refractivity contribution >= 4 is 54.3 Å². The minimum Gasteiger partial charge on any atom is -0.310 e. The lowest BCUT2D eigenvalue weighted by atomic mass is 10.3. The van der Waals surface area contributed by atoms with E-state index in [2.05, 4.69) is 56.9 Å². The Balaban J connectivity index is 3.44. The van der Waals surface area contributed by atoms with Crippen LogP contribution in [0, 0.1) is 11.8 Å². The van der Waals surface area contributed by atoms with Gasteiger partial charge < -0.3 is 4.57 Å². The maximum Gasteiger partial charge on any atom is 0.447 e. The Kier molecular flexibility index (Phi) is 5.83. The van der Waals surface area contributed by atoms with Gasteiger partial charge in [-0.3, -0.25) is 0 Å². The third kappa shape index (κ3) is 4.48. The molecule has 1 aromatic heterocycles. The number of hydrogen-bond acceptors (Lipinski definition) is 1. The van der Waals surface area contributed by atoms with Crippen LogP contribution in [0.2, 0.25) is 0 Å². The molecule has 0 aliphatic carbocycles. The van der Waals surface area contributed by atoms with E-state index >= 15 is 0 Å². The zero-order chi connectivity index (χ0) is 14.6. The second kappa shape index (κ2) is 6.73. The number of alkyl halides is 4. The summed E-state index contributed by atoms with van der Waals surface area (Å²) < 4.78 is 39.6. The van der Waals surface area contributed by atoms with E-state index in [1.807, 2.05) is 0 Å². The van der Waals surface area contributed by atoms with Crippen molar-refractivity contribution in [1.82, 2.24) is 4.57 Å². The van der Waals surface area contributed by atoms with Crippen molar-refractivity contribution in [2.75, 3.05) is 5.33 Å². The Bertz CT molecular complexity index is 564. The third-order valence-electron chi connectivity index (χ3n) is 1.95. The van der Waals surface area contributed by atoms with Gasteiger partial charge in [0.1, 0.15) is 5.03 Å². The predicted molar refractivity (Wildman–Crippen MR) is 81.4 cm³/mol. The van der Waals surface area contributed by atoms with Gasteiger partial charge in [0.05, 0.1) is 16.6 Å². The fraction of sp³-hybridized carbons (Fsp3) is 0.167. The van der Waals surface area contributed by atoms with E-state index in [4.69, 9.17) is 0 Å². The lowest BCUT2D eigenvalue weighted by Gasteiger charge is -2.09. The normalized spacial score (nSPS) is 10.8. The molecule has 1 nitrogen and oxygen atoms in total. The minimum absolute atomic E-state index is 0.0217. The molecule has 0 radical (unpaired) electrons.